The Morgan fingerprint density at radius 2 is 2.00 bits per heavy atom. The van der Waals surface area contributed by atoms with Crippen molar-refractivity contribution in [3.63, 3.8) is 0 Å². The van der Waals surface area contributed by atoms with Crippen molar-refractivity contribution >= 4 is 28.9 Å². The molecule has 1 amide bonds. The Bertz CT molecular complexity index is 1180. The van der Waals surface area contributed by atoms with Crippen LogP contribution < -0.4 is 16.8 Å². The molecule has 0 spiro atoms. The van der Waals surface area contributed by atoms with Crippen LogP contribution in [-0.4, -0.2) is 79.6 Å². The first kappa shape index (κ1) is 26.7. The maximum absolute atomic E-state index is 12.2. The lowest BCUT2D eigenvalue weighted by atomic mass is 9.81. The Morgan fingerprint density at radius 3 is 2.70 bits per heavy atom. The van der Waals surface area contributed by atoms with E-state index in [1.807, 2.05) is 0 Å². The van der Waals surface area contributed by atoms with Crippen LogP contribution in [0.25, 0.3) is 11.2 Å². The number of amides is 1. The molecular formula is C24H33N7O6. The zero-order chi connectivity index (χ0) is 26.5. The number of hydrogen-bond donors (Lipinski definition) is 5. The molecule has 3 heterocycles. The normalized spacial score (nSPS) is 27.5. The van der Waals surface area contributed by atoms with E-state index in [-0.39, 0.29) is 41.3 Å². The molecule has 2 aromatic heterocycles. The number of imidazole rings is 1. The molecule has 1 unspecified atom stereocenters. The molecule has 0 bridgehead atoms. The standard InChI is InChI=1S/C24H33N7O6/c1-2-27-22(34)19-17(32)18(33)23(37-19)31-12-28-16-20(26)29-15(30-21(16)31)5-3-4-13-6-8-14(9-7-13)24(35)36-11-10-25/h12-14,17-19,23,32-33H,2,4,6-11,25H2,1H3,(H,27,34)(H2,26,29,30)/t13?,14?,17-,18?,19+,23-/m1/s1. The number of aliphatic hydroxyl groups is 2. The van der Waals surface area contributed by atoms with Crippen molar-refractivity contribution < 1.29 is 29.3 Å². The highest BCUT2D eigenvalue weighted by Gasteiger charge is 2.47. The van der Waals surface area contributed by atoms with E-state index in [1.165, 1.54) is 10.9 Å². The minimum Gasteiger partial charge on any atom is -0.464 e. The number of fused-ring (bicyclic) bond motifs is 1. The Labute approximate surface area is 213 Å². The number of nitrogens with zero attached hydrogens (tertiary/aromatic N) is 4. The molecule has 2 fully saturated rings. The molecule has 4 atom stereocenters. The lowest BCUT2D eigenvalue weighted by Gasteiger charge is -2.25. The van der Waals surface area contributed by atoms with Crippen LogP contribution in [0, 0.1) is 23.7 Å². The molecule has 1 aliphatic carbocycles. The molecule has 13 heteroatoms. The highest BCUT2D eigenvalue weighted by Crippen LogP contribution is 2.33. The number of rotatable bonds is 7. The maximum atomic E-state index is 12.2. The summed E-state index contributed by atoms with van der Waals surface area (Å²) in [4.78, 5) is 37.1. The van der Waals surface area contributed by atoms with E-state index in [9.17, 15) is 19.8 Å². The van der Waals surface area contributed by atoms with Gasteiger partial charge in [-0.25, -0.2) is 15.0 Å². The molecule has 0 radical (unpaired) electrons. The number of likely N-dealkylation sites (N-methyl/N-ethyl adjacent to an activating group) is 1. The Morgan fingerprint density at radius 1 is 1.24 bits per heavy atom. The summed E-state index contributed by atoms with van der Waals surface area (Å²) in [5, 5.41) is 23.5. The molecule has 2 aromatic rings. The molecule has 1 saturated heterocycles. The smallest absolute Gasteiger partial charge is 0.308 e. The van der Waals surface area contributed by atoms with Gasteiger partial charge in [0.2, 0.25) is 5.82 Å². The van der Waals surface area contributed by atoms with Crippen LogP contribution >= 0.6 is 0 Å². The second-order valence-electron chi connectivity index (χ2n) is 9.26. The van der Waals surface area contributed by atoms with Gasteiger partial charge in [-0.3, -0.25) is 14.2 Å². The molecule has 200 valence electrons. The number of anilines is 1. The second-order valence-corrected chi connectivity index (χ2v) is 9.26. The summed E-state index contributed by atoms with van der Waals surface area (Å²) < 4.78 is 12.2. The van der Waals surface area contributed by atoms with Crippen LogP contribution in [0.3, 0.4) is 0 Å². The summed E-state index contributed by atoms with van der Waals surface area (Å²) in [5.41, 5.74) is 12.0. The van der Waals surface area contributed by atoms with Gasteiger partial charge in [0.1, 0.15) is 24.3 Å². The van der Waals surface area contributed by atoms with Gasteiger partial charge in [-0.1, -0.05) is 5.92 Å². The largest absolute Gasteiger partial charge is 0.464 e. The van der Waals surface area contributed by atoms with Crippen molar-refractivity contribution in [3.05, 3.63) is 12.2 Å². The van der Waals surface area contributed by atoms with Crippen LogP contribution in [-0.2, 0) is 19.1 Å². The lowest BCUT2D eigenvalue weighted by molar-refractivity contribution is -0.149. The van der Waals surface area contributed by atoms with Gasteiger partial charge in [0, 0.05) is 19.5 Å². The van der Waals surface area contributed by atoms with Gasteiger partial charge in [0.05, 0.1) is 12.2 Å². The van der Waals surface area contributed by atoms with E-state index in [0.29, 0.717) is 25.4 Å². The fraction of sp³-hybridized carbons (Fsp3) is 0.625. The van der Waals surface area contributed by atoms with E-state index in [0.717, 1.165) is 25.7 Å². The first-order valence-corrected chi connectivity index (χ1v) is 12.5. The summed E-state index contributed by atoms with van der Waals surface area (Å²) in [5.74, 6) is 5.91. The van der Waals surface area contributed by atoms with Gasteiger partial charge in [0.15, 0.2) is 23.8 Å². The number of aliphatic hydroxyl groups excluding tert-OH is 2. The zero-order valence-corrected chi connectivity index (χ0v) is 20.7. The van der Waals surface area contributed by atoms with E-state index in [2.05, 4.69) is 32.1 Å². The minimum atomic E-state index is -1.43. The quantitative estimate of drug-likeness (QED) is 0.229. The Hall–Kier alpha value is -3.31. The van der Waals surface area contributed by atoms with Gasteiger partial charge < -0.3 is 36.5 Å². The van der Waals surface area contributed by atoms with E-state index >= 15 is 0 Å². The van der Waals surface area contributed by atoms with Crippen LogP contribution in [0.4, 0.5) is 5.82 Å². The van der Waals surface area contributed by atoms with Crippen molar-refractivity contribution in [2.45, 2.75) is 63.6 Å². The summed E-state index contributed by atoms with van der Waals surface area (Å²) in [7, 11) is 0. The number of nitrogens with two attached hydrogens (primary N) is 2. The predicted molar refractivity (Wildman–Crippen MR) is 131 cm³/mol. The van der Waals surface area contributed by atoms with E-state index < -0.39 is 30.4 Å². The molecular weight excluding hydrogens is 482 g/mol. The SMILES string of the molecule is CCNC(=O)[C@H]1O[C@@H](n2cnc3c(N)nc(C#CCC4CCC(C(=O)OCCN)CC4)nc32)C(O)[C@H]1O. The van der Waals surface area contributed by atoms with Gasteiger partial charge >= 0.3 is 5.97 Å². The number of hydrogen-bond acceptors (Lipinski definition) is 11. The third kappa shape index (κ3) is 5.83. The number of carbonyl (C=O) groups excluding carboxylic acids is 2. The molecule has 1 saturated carbocycles. The molecule has 13 nitrogen and oxygen atoms in total. The highest BCUT2D eigenvalue weighted by molar-refractivity contribution is 5.83. The van der Waals surface area contributed by atoms with E-state index in [4.69, 9.17) is 20.9 Å². The summed E-state index contributed by atoms with van der Waals surface area (Å²) >= 11 is 0. The van der Waals surface area contributed by atoms with Crippen molar-refractivity contribution in [1.82, 2.24) is 24.8 Å². The first-order chi connectivity index (χ1) is 17.8. The topological polar surface area (TPSA) is 201 Å². The second kappa shape index (κ2) is 11.8. The molecule has 37 heavy (non-hydrogen) atoms. The maximum Gasteiger partial charge on any atom is 0.308 e. The fourth-order valence-corrected chi connectivity index (χ4v) is 4.72. The van der Waals surface area contributed by atoms with Crippen LogP contribution in [0.15, 0.2) is 6.33 Å². The van der Waals surface area contributed by atoms with Crippen LogP contribution in [0.5, 0.6) is 0 Å². The molecule has 0 aromatic carbocycles. The number of ether oxygens (including phenoxy) is 2. The molecule has 1 aliphatic heterocycles. The van der Waals surface area contributed by atoms with Crippen LogP contribution in [0.2, 0.25) is 0 Å². The number of esters is 1. The average molecular weight is 516 g/mol. The van der Waals surface area contributed by atoms with Crippen LogP contribution in [0.1, 0.15) is 51.1 Å². The monoisotopic (exact) mass is 515 g/mol. The summed E-state index contributed by atoms with van der Waals surface area (Å²) in [6.07, 6.45) is 0.0940. The van der Waals surface area contributed by atoms with Gasteiger partial charge in [-0.2, -0.15) is 0 Å². The van der Waals surface area contributed by atoms with Crippen molar-refractivity contribution in [3.8, 4) is 11.8 Å². The predicted octanol–water partition coefficient (Wildman–Crippen LogP) is -0.786. The molecule has 2 aliphatic rings. The number of carbonyl (C=O) groups is 2. The minimum absolute atomic E-state index is 0.0825. The third-order valence-corrected chi connectivity index (χ3v) is 6.70. The average Bonchev–Trinajstić information content (AvgIpc) is 3.44. The molecule has 4 rings (SSSR count). The Kier molecular flexibility index (Phi) is 8.55. The first-order valence-electron chi connectivity index (χ1n) is 12.5. The Balaban J connectivity index is 1.44. The van der Waals surface area contributed by atoms with Gasteiger partial charge in [-0.05, 0) is 44.4 Å². The summed E-state index contributed by atoms with van der Waals surface area (Å²) in [6.45, 7) is 2.67. The third-order valence-electron chi connectivity index (χ3n) is 6.70. The van der Waals surface area contributed by atoms with Gasteiger partial charge in [0.25, 0.3) is 5.91 Å². The lowest BCUT2D eigenvalue weighted by Crippen LogP contribution is -2.42. The highest BCUT2D eigenvalue weighted by atomic mass is 16.6. The molecule has 7 N–H and O–H groups in total. The van der Waals surface area contributed by atoms with Crippen molar-refractivity contribution in [2.24, 2.45) is 17.6 Å². The van der Waals surface area contributed by atoms with E-state index in [1.54, 1.807) is 6.92 Å². The fourth-order valence-electron chi connectivity index (χ4n) is 4.72. The summed E-state index contributed by atoms with van der Waals surface area (Å²) in [6, 6.07) is 0. The number of nitrogen functional groups attached to an aromatic ring is 1. The number of aromatic nitrogens is 4. The van der Waals surface area contributed by atoms with Crippen molar-refractivity contribution in [1.29, 1.82) is 0 Å². The van der Waals surface area contributed by atoms with Gasteiger partial charge in [-0.15, -0.1) is 0 Å². The van der Waals surface area contributed by atoms with Crippen molar-refractivity contribution in [2.75, 3.05) is 25.4 Å². The zero-order valence-electron chi connectivity index (χ0n) is 20.7. The number of nitrogens with one attached hydrogen (secondary N) is 1.